The van der Waals surface area contributed by atoms with Crippen LogP contribution in [0.15, 0.2) is 23.1 Å². The fourth-order valence-electron chi connectivity index (χ4n) is 1.81. The van der Waals surface area contributed by atoms with Crippen molar-refractivity contribution in [3.8, 4) is 0 Å². The Morgan fingerprint density at radius 1 is 1.47 bits per heavy atom. The van der Waals surface area contributed by atoms with Crippen LogP contribution in [-0.2, 0) is 9.59 Å². The van der Waals surface area contributed by atoms with Gasteiger partial charge in [0.25, 0.3) is 0 Å². The molecule has 1 atom stereocenters. The fraction of sp³-hybridized carbons (Fsp3) is 0.333. The standard InChI is InChI=1S/C12H14N2O2S/c1-7-12(16)14(8(2)15)10-6-9(13-3)4-5-11(10)17-7/h4-7,13H,1-3H3. The molecule has 0 fully saturated rings. The van der Waals surface area contributed by atoms with Crippen molar-refractivity contribution >= 4 is 35.0 Å². The van der Waals surface area contributed by atoms with Crippen LogP contribution in [0.25, 0.3) is 0 Å². The molecule has 2 amide bonds. The van der Waals surface area contributed by atoms with E-state index in [1.165, 1.54) is 23.6 Å². The number of fused-ring (bicyclic) bond motifs is 1. The summed E-state index contributed by atoms with van der Waals surface area (Å²) in [5.41, 5.74) is 1.57. The van der Waals surface area contributed by atoms with E-state index in [1.807, 2.05) is 25.1 Å². The molecule has 1 heterocycles. The lowest BCUT2D eigenvalue weighted by molar-refractivity contribution is -0.125. The predicted octanol–water partition coefficient (Wildman–Crippen LogP) is 2.10. The molecule has 1 aliphatic heterocycles. The number of carbonyl (C=O) groups is 2. The summed E-state index contributed by atoms with van der Waals surface area (Å²) < 4.78 is 0. The summed E-state index contributed by atoms with van der Waals surface area (Å²) in [5, 5.41) is 2.79. The van der Waals surface area contributed by atoms with Crippen LogP contribution in [0.3, 0.4) is 0 Å². The Labute approximate surface area is 104 Å². The van der Waals surface area contributed by atoms with Gasteiger partial charge < -0.3 is 5.32 Å². The second kappa shape index (κ2) is 4.41. The minimum Gasteiger partial charge on any atom is -0.388 e. The Kier molecular flexibility index (Phi) is 3.11. The summed E-state index contributed by atoms with van der Waals surface area (Å²) >= 11 is 1.49. The highest BCUT2D eigenvalue weighted by Gasteiger charge is 2.33. The van der Waals surface area contributed by atoms with Crippen LogP contribution in [0.1, 0.15) is 13.8 Å². The third kappa shape index (κ3) is 2.02. The van der Waals surface area contributed by atoms with E-state index < -0.39 is 0 Å². The molecule has 1 aromatic rings. The van der Waals surface area contributed by atoms with Gasteiger partial charge in [-0.25, -0.2) is 4.90 Å². The monoisotopic (exact) mass is 250 g/mol. The van der Waals surface area contributed by atoms with Crippen molar-refractivity contribution in [2.45, 2.75) is 24.0 Å². The van der Waals surface area contributed by atoms with Crippen molar-refractivity contribution in [2.24, 2.45) is 0 Å². The summed E-state index contributed by atoms with van der Waals surface area (Å²) in [5.74, 6) is -0.389. The van der Waals surface area contributed by atoms with Gasteiger partial charge in [0, 0.05) is 24.6 Å². The molecular formula is C12H14N2O2S. The van der Waals surface area contributed by atoms with Crippen molar-refractivity contribution in [3.05, 3.63) is 18.2 Å². The molecule has 4 nitrogen and oxygen atoms in total. The average molecular weight is 250 g/mol. The van der Waals surface area contributed by atoms with E-state index in [1.54, 1.807) is 7.05 Å². The summed E-state index contributed by atoms with van der Waals surface area (Å²) in [6, 6.07) is 5.70. The van der Waals surface area contributed by atoms with Crippen LogP contribution < -0.4 is 10.2 Å². The maximum absolute atomic E-state index is 12.0. The van der Waals surface area contributed by atoms with E-state index in [0.717, 1.165) is 10.6 Å². The Morgan fingerprint density at radius 3 is 2.76 bits per heavy atom. The normalized spacial score (nSPS) is 18.9. The molecule has 0 bridgehead atoms. The molecule has 1 aliphatic rings. The Bertz CT molecular complexity index is 487. The van der Waals surface area contributed by atoms with Gasteiger partial charge >= 0.3 is 0 Å². The minimum atomic E-state index is -0.239. The van der Waals surface area contributed by atoms with Crippen LogP contribution in [0.5, 0.6) is 0 Å². The highest BCUT2D eigenvalue weighted by atomic mass is 32.2. The second-order valence-corrected chi connectivity index (χ2v) is 5.27. The van der Waals surface area contributed by atoms with E-state index in [9.17, 15) is 9.59 Å². The molecule has 1 aromatic carbocycles. The number of hydrogen-bond donors (Lipinski definition) is 1. The maximum Gasteiger partial charge on any atom is 0.246 e. The molecule has 0 saturated heterocycles. The second-order valence-electron chi connectivity index (χ2n) is 3.89. The first kappa shape index (κ1) is 12.0. The van der Waals surface area contributed by atoms with Gasteiger partial charge in [-0.05, 0) is 25.1 Å². The van der Waals surface area contributed by atoms with Crippen molar-refractivity contribution in [2.75, 3.05) is 17.3 Å². The summed E-state index contributed by atoms with van der Waals surface area (Å²) in [4.78, 5) is 25.8. The van der Waals surface area contributed by atoms with Gasteiger partial charge in [0.1, 0.15) is 0 Å². The van der Waals surface area contributed by atoms with Gasteiger partial charge in [0.05, 0.1) is 10.9 Å². The average Bonchev–Trinajstić information content (AvgIpc) is 2.29. The molecular weight excluding hydrogens is 236 g/mol. The molecule has 0 saturated carbocycles. The highest BCUT2D eigenvalue weighted by Crippen LogP contribution is 2.40. The zero-order chi connectivity index (χ0) is 12.6. The van der Waals surface area contributed by atoms with Crippen LogP contribution in [0, 0.1) is 0 Å². The van der Waals surface area contributed by atoms with E-state index in [0.29, 0.717) is 5.69 Å². The SMILES string of the molecule is CNc1ccc2c(c1)N(C(C)=O)C(=O)C(C)S2. The van der Waals surface area contributed by atoms with Gasteiger partial charge in [-0.1, -0.05) is 0 Å². The summed E-state index contributed by atoms with van der Waals surface area (Å²) in [6.07, 6.45) is 0. The predicted molar refractivity (Wildman–Crippen MR) is 69.5 cm³/mol. The lowest BCUT2D eigenvalue weighted by atomic mass is 10.2. The number of nitrogens with zero attached hydrogens (tertiary/aromatic N) is 1. The molecule has 1 unspecified atom stereocenters. The number of carbonyl (C=O) groups excluding carboxylic acids is 2. The van der Waals surface area contributed by atoms with Gasteiger partial charge in [0.2, 0.25) is 11.8 Å². The fourth-order valence-corrected chi connectivity index (χ4v) is 2.82. The molecule has 2 rings (SSSR count). The molecule has 17 heavy (non-hydrogen) atoms. The first-order valence-electron chi connectivity index (χ1n) is 5.37. The smallest absolute Gasteiger partial charge is 0.246 e. The zero-order valence-electron chi connectivity index (χ0n) is 9.98. The highest BCUT2D eigenvalue weighted by molar-refractivity contribution is 8.01. The number of benzene rings is 1. The third-order valence-corrected chi connectivity index (χ3v) is 3.83. The van der Waals surface area contributed by atoms with Crippen LogP contribution >= 0.6 is 11.8 Å². The Balaban J connectivity index is 2.55. The van der Waals surface area contributed by atoms with Gasteiger partial charge in [-0.15, -0.1) is 11.8 Å². The lowest BCUT2D eigenvalue weighted by Crippen LogP contribution is -2.42. The topological polar surface area (TPSA) is 49.4 Å². The number of thioether (sulfide) groups is 1. The van der Waals surface area contributed by atoms with Gasteiger partial charge in [-0.2, -0.15) is 0 Å². The van der Waals surface area contributed by atoms with Gasteiger partial charge in [-0.3, -0.25) is 9.59 Å². The first-order chi connectivity index (χ1) is 8.04. The van der Waals surface area contributed by atoms with E-state index in [4.69, 9.17) is 0 Å². The molecule has 0 radical (unpaired) electrons. The van der Waals surface area contributed by atoms with Crippen molar-refractivity contribution < 1.29 is 9.59 Å². The Hall–Kier alpha value is -1.49. The van der Waals surface area contributed by atoms with E-state index in [2.05, 4.69) is 5.32 Å². The lowest BCUT2D eigenvalue weighted by Gasteiger charge is -2.30. The number of nitrogens with one attached hydrogen (secondary N) is 1. The minimum absolute atomic E-state index is 0.150. The molecule has 1 N–H and O–H groups in total. The third-order valence-electron chi connectivity index (χ3n) is 2.68. The molecule has 0 spiro atoms. The van der Waals surface area contributed by atoms with E-state index in [-0.39, 0.29) is 17.1 Å². The van der Waals surface area contributed by atoms with Crippen LogP contribution in [0.4, 0.5) is 11.4 Å². The number of amides is 2. The van der Waals surface area contributed by atoms with Crippen LogP contribution in [0.2, 0.25) is 0 Å². The molecule has 0 aliphatic carbocycles. The Morgan fingerprint density at radius 2 is 2.18 bits per heavy atom. The van der Waals surface area contributed by atoms with Crippen molar-refractivity contribution in [1.29, 1.82) is 0 Å². The quantitative estimate of drug-likeness (QED) is 0.829. The first-order valence-corrected chi connectivity index (χ1v) is 6.25. The summed E-state index contributed by atoms with van der Waals surface area (Å²) in [6.45, 7) is 3.23. The number of imide groups is 1. The van der Waals surface area contributed by atoms with Crippen molar-refractivity contribution in [3.63, 3.8) is 0 Å². The van der Waals surface area contributed by atoms with E-state index >= 15 is 0 Å². The van der Waals surface area contributed by atoms with Gasteiger partial charge in [0.15, 0.2) is 0 Å². The number of rotatable bonds is 1. The number of hydrogen-bond acceptors (Lipinski definition) is 4. The summed E-state index contributed by atoms with van der Waals surface area (Å²) in [7, 11) is 1.81. The van der Waals surface area contributed by atoms with Crippen LogP contribution in [-0.4, -0.2) is 24.1 Å². The zero-order valence-corrected chi connectivity index (χ0v) is 10.8. The van der Waals surface area contributed by atoms with Crippen molar-refractivity contribution in [1.82, 2.24) is 0 Å². The maximum atomic E-state index is 12.0. The molecule has 90 valence electrons. The molecule has 0 aromatic heterocycles. The molecule has 5 heteroatoms. The largest absolute Gasteiger partial charge is 0.388 e. The number of anilines is 2.